The minimum atomic E-state index is -0.0575. The van der Waals surface area contributed by atoms with Gasteiger partial charge in [0.15, 0.2) is 0 Å². The Bertz CT molecular complexity index is 1140. The highest BCUT2D eigenvalue weighted by Gasteiger charge is 2.35. The predicted octanol–water partition coefficient (Wildman–Crippen LogP) is 4.58. The molecule has 3 aromatic carbocycles. The fraction of sp³-hybridized carbons (Fsp3) is 0.231. The number of anilines is 1. The van der Waals surface area contributed by atoms with Gasteiger partial charge in [0, 0.05) is 43.3 Å². The van der Waals surface area contributed by atoms with Gasteiger partial charge in [-0.2, -0.15) is 0 Å². The van der Waals surface area contributed by atoms with E-state index in [1.54, 1.807) is 12.1 Å². The van der Waals surface area contributed by atoms with Crippen LogP contribution < -0.4 is 4.90 Å². The maximum absolute atomic E-state index is 13.4. The van der Waals surface area contributed by atoms with Gasteiger partial charge in [0.1, 0.15) is 5.71 Å². The van der Waals surface area contributed by atoms with E-state index in [1.807, 2.05) is 41.3 Å². The van der Waals surface area contributed by atoms with Crippen LogP contribution in [0.2, 0.25) is 5.02 Å². The lowest BCUT2D eigenvalue weighted by Crippen LogP contribution is -2.50. The molecule has 1 amide bonds. The van der Waals surface area contributed by atoms with E-state index in [4.69, 9.17) is 11.6 Å². The number of rotatable bonds is 5. The van der Waals surface area contributed by atoms with E-state index in [0.29, 0.717) is 23.1 Å². The number of amides is 1. The Morgan fingerprint density at radius 2 is 1.53 bits per heavy atom. The number of nitrogens with zero attached hydrogens (tertiary/aromatic N) is 4. The maximum atomic E-state index is 13.4. The Hall–Kier alpha value is -2.99. The van der Waals surface area contributed by atoms with Gasteiger partial charge in [-0.3, -0.25) is 19.5 Å². The molecule has 0 aromatic heterocycles. The second-order valence-corrected chi connectivity index (χ2v) is 8.65. The topological polar surface area (TPSA) is 39.2 Å². The number of para-hydroxylation sites is 1. The van der Waals surface area contributed by atoms with Crippen molar-refractivity contribution >= 4 is 34.6 Å². The molecular weight excluding hydrogens is 420 g/mol. The molecule has 0 atom stereocenters. The highest BCUT2D eigenvalue weighted by atomic mass is 35.5. The number of aliphatic imine (C=N–C) groups is 1. The second kappa shape index (κ2) is 9.25. The summed E-state index contributed by atoms with van der Waals surface area (Å²) in [6.45, 7) is 5.38. The average molecular weight is 445 g/mol. The van der Waals surface area contributed by atoms with Gasteiger partial charge in [-0.05, 0) is 29.8 Å². The molecule has 1 saturated heterocycles. The van der Waals surface area contributed by atoms with E-state index in [1.165, 1.54) is 5.56 Å². The molecule has 2 heterocycles. The summed E-state index contributed by atoms with van der Waals surface area (Å²) in [5, 5.41) is 0.607. The fourth-order valence-electron chi connectivity index (χ4n) is 4.32. The molecule has 6 heteroatoms. The van der Waals surface area contributed by atoms with Crippen molar-refractivity contribution in [2.75, 3.05) is 37.7 Å². The summed E-state index contributed by atoms with van der Waals surface area (Å²) in [5.41, 5.74) is 4.30. The second-order valence-electron chi connectivity index (χ2n) is 8.21. The van der Waals surface area contributed by atoms with Crippen LogP contribution in [0.15, 0.2) is 83.9 Å². The van der Waals surface area contributed by atoms with E-state index in [-0.39, 0.29) is 5.91 Å². The highest BCUT2D eigenvalue weighted by molar-refractivity contribution is 6.54. The molecule has 0 saturated carbocycles. The predicted molar refractivity (Wildman–Crippen MR) is 130 cm³/mol. The van der Waals surface area contributed by atoms with Crippen LogP contribution in [0.5, 0.6) is 0 Å². The molecule has 1 fully saturated rings. The third-order valence-electron chi connectivity index (χ3n) is 6.00. The number of hydrogen-bond acceptors (Lipinski definition) is 4. The molecule has 2 aliphatic rings. The van der Waals surface area contributed by atoms with Crippen LogP contribution in [0, 0.1) is 0 Å². The van der Waals surface area contributed by atoms with Crippen molar-refractivity contribution in [3.8, 4) is 0 Å². The van der Waals surface area contributed by atoms with Crippen molar-refractivity contribution in [3.05, 3.63) is 95.0 Å². The largest absolute Gasteiger partial charge is 0.297 e. The Labute approximate surface area is 193 Å². The highest BCUT2D eigenvalue weighted by Crippen LogP contribution is 2.31. The van der Waals surface area contributed by atoms with E-state index >= 15 is 0 Å². The Kier molecular flexibility index (Phi) is 6.04. The first-order chi connectivity index (χ1) is 15.7. The smallest absolute Gasteiger partial charge is 0.278 e. The van der Waals surface area contributed by atoms with Crippen molar-refractivity contribution in [1.82, 2.24) is 9.80 Å². The van der Waals surface area contributed by atoms with Gasteiger partial charge in [-0.15, -0.1) is 0 Å². The van der Waals surface area contributed by atoms with Gasteiger partial charge >= 0.3 is 0 Å². The summed E-state index contributed by atoms with van der Waals surface area (Å²) in [5.74, 6) is -0.0575. The van der Waals surface area contributed by atoms with Crippen LogP contribution >= 0.6 is 11.6 Å². The van der Waals surface area contributed by atoms with E-state index in [9.17, 15) is 4.79 Å². The van der Waals surface area contributed by atoms with E-state index in [0.717, 1.165) is 44.0 Å². The summed E-state index contributed by atoms with van der Waals surface area (Å²) in [6.07, 6.45) is 0. The molecule has 5 nitrogen and oxygen atoms in total. The molecule has 2 aliphatic heterocycles. The van der Waals surface area contributed by atoms with Gasteiger partial charge in [-0.25, -0.2) is 4.99 Å². The van der Waals surface area contributed by atoms with E-state index in [2.05, 4.69) is 45.1 Å². The summed E-state index contributed by atoms with van der Waals surface area (Å²) in [7, 11) is 0. The number of halogens is 1. The lowest BCUT2D eigenvalue weighted by molar-refractivity contribution is -0.112. The molecule has 5 rings (SSSR count). The number of hydrogen-bond donors (Lipinski definition) is 0. The van der Waals surface area contributed by atoms with Gasteiger partial charge in [0.05, 0.1) is 18.0 Å². The third kappa shape index (κ3) is 4.46. The first kappa shape index (κ1) is 20.9. The first-order valence-electron chi connectivity index (χ1n) is 10.9. The standard InChI is InChI=1S/C26H25ClN4O/c27-21-9-6-10-22(17-21)28-25-23-11-4-5-12-24(23)31(26(25)32)19-30-15-13-29(14-16-30)18-20-7-2-1-3-8-20/h1-12,17H,13-16,18-19H2. The van der Waals surface area contributed by atoms with Crippen molar-refractivity contribution < 1.29 is 4.79 Å². The van der Waals surface area contributed by atoms with Gasteiger partial charge in [-0.1, -0.05) is 66.2 Å². The van der Waals surface area contributed by atoms with Crippen LogP contribution in [-0.2, 0) is 11.3 Å². The molecule has 0 radical (unpaired) electrons. The van der Waals surface area contributed by atoms with Crippen molar-refractivity contribution in [1.29, 1.82) is 0 Å². The molecule has 0 unspecified atom stereocenters. The van der Waals surface area contributed by atoms with E-state index < -0.39 is 0 Å². The first-order valence-corrected chi connectivity index (χ1v) is 11.3. The number of carbonyl (C=O) groups excluding carboxylic acids is 1. The summed E-state index contributed by atoms with van der Waals surface area (Å²) in [4.78, 5) is 24.7. The molecular formula is C26H25ClN4O. The number of carbonyl (C=O) groups is 1. The van der Waals surface area contributed by atoms with Crippen LogP contribution in [0.1, 0.15) is 11.1 Å². The number of fused-ring (bicyclic) bond motifs is 1. The lowest BCUT2D eigenvalue weighted by Gasteiger charge is -2.36. The zero-order valence-corrected chi connectivity index (χ0v) is 18.6. The maximum Gasteiger partial charge on any atom is 0.278 e. The van der Waals surface area contributed by atoms with Crippen LogP contribution in [-0.4, -0.2) is 54.3 Å². The summed E-state index contributed by atoms with van der Waals surface area (Å²) < 4.78 is 0. The van der Waals surface area contributed by atoms with Crippen molar-refractivity contribution in [2.24, 2.45) is 4.99 Å². The van der Waals surface area contributed by atoms with Crippen molar-refractivity contribution in [2.45, 2.75) is 6.54 Å². The normalized spacial score (nSPS) is 18.3. The molecule has 0 aliphatic carbocycles. The Morgan fingerprint density at radius 3 is 2.31 bits per heavy atom. The molecule has 32 heavy (non-hydrogen) atoms. The average Bonchev–Trinajstić information content (AvgIpc) is 3.07. The number of piperazine rings is 1. The van der Waals surface area contributed by atoms with Crippen LogP contribution in [0.4, 0.5) is 11.4 Å². The fourth-order valence-corrected chi connectivity index (χ4v) is 4.50. The van der Waals surface area contributed by atoms with Crippen LogP contribution in [0.3, 0.4) is 0 Å². The summed E-state index contributed by atoms with van der Waals surface area (Å²) in [6, 6.07) is 25.8. The third-order valence-corrected chi connectivity index (χ3v) is 6.24. The minimum Gasteiger partial charge on any atom is -0.297 e. The monoisotopic (exact) mass is 444 g/mol. The molecule has 162 valence electrons. The van der Waals surface area contributed by atoms with Crippen LogP contribution in [0.25, 0.3) is 0 Å². The Morgan fingerprint density at radius 1 is 0.812 bits per heavy atom. The zero-order chi connectivity index (χ0) is 21.9. The summed E-state index contributed by atoms with van der Waals surface area (Å²) >= 11 is 6.11. The minimum absolute atomic E-state index is 0.0575. The van der Waals surface area contributed by atoms with Crippen molar-refractivity contribution in [3.63, 3.8) is 0 Å². The SMILES string of the molecule is O=C1C(=Nc2cccc(Cl)c2)c2ccccc2N1CN1CCN(Cc2ccccc2)CC1. The molecule has 0 N–H and O–H groups in total. The lowest BCUT2D eigenvalue weighted by atomic mass is 10.1. The zero-order valence-electron chi connectivity index (χ0n) is 17.8. The van der Waals surface area contributed by atoms with Gasteiger partial charge in [0.2, 0.25) is 0 Å². The molecule has 3 aromatic rings. The molecule has 0 spiro atoms. The van der Waals surface area contributed by atoms with Gasteiger partial charge < -0.3 is 0 Å². The quantitative estimate of drug-likeness (QED) is 0.578. The molecule has 0 bridgehead atoms. The number of benzene rings is 3. The Balaban J connectivity index is 1.29. The van der Waals surface area contributed by atoms with Gasteiger partial charge in [0.25, 0.3) is 5.91 Å².